The summed E-state index contributed by atoms with van der Waals surface area (Å²) < 4.78 is 1.78. The summed E-state index contributed by atoms with van der Waals surface area (Å²) in [7, 11) is 0. The molecule has 0 bridgehead atoms. The van der Waals surface area contributed by atoms with E-state index in [1.54, 1.807) is 16.7 Å². The van der Waals surface area contributed by atoms with Crippen LogP contribution in [0.4, 0.5) is 0 Å². The van der Waals surface area contributed by atoms with Crippen LogP contribution in [0.2, 0.25) is 0 Å². The molecule has 0 fully saturated rings. The second kappa shape index (κ2) is 4.82. The first-order valence-electron chi connectivity index (χ1n) is 4.63. The van der Waals surface area contributed by atoms with Crippen LogP contribution in [0.5, 0.6) is 0 Å². The van der Waals surface area contributed by atoms with Gasteiger partial charge in [0.25, 0.3) is 5.56 Å². The van der Waals surface area contributed by atoms with Gasteiger partial charge in [-0.2, -0.15) is 0 Å². The van der Waals surface area contributed by atoms with E-state index in [9.17, 15) is 4.79 Å². The molecule has 0 aromatic carbocycles. The molecule has 0 radical (unpaired) electrons. The van der Waals surface area contributed by atoms with Gasteiger partial charge in [0.2, 0.25) is 0 Å². The van der Waals surface area contributed by atoms with Crippen molar-refractivity contribution < 1.29 is 0 Å². The average Bonchev–Trinajstić information content (AvgIpc) is 2.10. The maximum atomic E-state index is 11.4. The molecule has 3 heteroatoms. The van der Waals surface area contributed by atoms with E-state index in [0.717, 1.165) is 25.3 Å². The van der Waals surface area contributed by atoms with Gasteiger partial charge < -0.3 is 9.88 Å². The van der Waals surface area contributed by atoms with Gasteiger partial charge in [-0.15, -0.1) is 0 Å². The first kappa shape index (κ1) is 9.99. The van der Waals surface area contributed by atoms with Gasteiger partial charge in [0.05, 0.1) is 0 Å². The molecule has 0 unspecified atom stereocenters. The number of nitrogens with one attached hydrogen (secondary N) is 1. The SMILES string of the molecule is CCNCCn1c(C)cccc1=O. The van der Waals surface area contributed by atoms with Crippen molar-refractivity contribution in [3.8, 4) is 0 Å². The number of aromatic nitrogens is 1. The molecule has 1 rings (SSSR count). The van der Waals surface area contributed by atoms with Crippen LogP contribution in [0.1, 0.15) is 12.6 Å². The Hall–Kier alpha value is -1.09. The highest BCUT2D eigenvalue weighted by Gasteiger charge is 1.96. The van der Waals surface area contributed by atoms with Crippen molar-refractivity contribution in [2.24, 2.45) is 0 Å². The Balaban J connectivity index is 2.70. The topological polar surface area (TPSA) is 34.0 Å². The molecule has 0 saturated heterocycles. The van der Waals surface area contributed by atoms with Crippen LogP contribution in [0, 0.1) is 6.92 Å². The molecule has 0 saturated carbocycles. The fourth-order valence-corrected chi connectivity index (χ4v) is 1.28. The van der Waals surface area contributed by atoms with E-state index in [2.05, 4.69) is 12.2 Å². The molecule has 1 heterocycles. The van der Waals surface area contributed by atoms with E-state index in [4.69, 9.17) is 0 Å². The molecule has 1 N–H and O–H groups in total. The van der Waals surface area contributed by atoms with E-state index in [1.807, 2.05) is 13.0 Å². The molecule has 1 aromatic heterocycles. The highest BCUT2D eigenvalue weighted by Crippen LogP contribution is 1.91. The average molecular weight is 180 g/mol. The van der Waals surface area contributed by atoms with E-state index < -0.39 is 0 Å². The summed E-state index contributed by atoms with van der Waals surface area (Å²) in [6, 6.07) is 5.34. The van der Waals surface area contributed by atoms with E-state index in [-0.39, 0.29) is 5.56 Å². The van der Waals surface area contributed by atoms with Crippen molar-refractivity contribution >= 4 is 0 Å². The van der Waals surface area contributed by atoms with E-state index in [0.29, 0.717) is 0 Å². The lowest BCUT2D eigenvalue weighted by Gasteiger charge is -2.08. The molecule has 0 aliphatic rings. The standard InChI is InChI=1S/C10H16N2O/c1-3-11-7-8-12-9(2)5-4-6-10(12)13/h4-6,11H,3,7-8H2,1-2H3. The van der Waals surface area contributed by atoms with Gasteiger partial charge in [0.15, 0.2) is 0 Å². The third-order valence-electron chi connectivity index (χ3n) is 2.03. The Kier molecular flexibility index (Phi) is 3.71. The van der Waals surface area contributed by atoms with Gasteiger partial charge in [-0.3, -0.25) is 4.79 Å². The lowest BCUT2D eigenvalue weighted by molar-refractivity contribution is 0.588. The summed E-state index contributed by atoms with van der Waals surface area (Å²) in [4.78, 5) is 11.4. The quantitative estimate of drug-likeness (QED) is 0.694. The highest BCUT2D eigenvalue weighted by molar-refractivity contribution is 5.04. The summed E-state index contributed by atoms with van der Waals surface area (Å²) in [6.45, 7) is 6.55. The molecule has 1 aromatic rings. The third kappa shape index (κ3) is 2.70. The molecule has 0 aliphatic heterocycles. The minimum absolute atomic E-state index is 0.0814. The van der Waals surface area contributed by atoms with E-state index in [1.165, 1.54) is 0 Å². The van der Waals surface area contributed by atoms with Crippen LogP contribution in [0.3, 0.4) is 0 Å². The van der Waals surface area contributed by atoms with Crippen LogP contribution in [-0.2, 0) is 6.54 Å². The van der Waals surface area contributed by atoms with Gasteiger partial charge in [-0.25, -0.2) is 0 Å². The molecule has 0 amide bonds. The Morgan fingerprint density at radius 2 is 2.23 bits per heavy atom. The summed E-state index contributed by atoms with van der Waals surface area (Å²) in [5.41, 5.74) is 1.10. The second-order valence-electron chi connectivity index (χ2n) is 3.01. The largest absolute Gasteiger partial charge is 0.315 e. The monoisotopic (exact) mass is 180 g/mol. The van der Waals surface area contributed by atoms with Gasteiger partial charge >= 0.3 is 0 Å². The van der Waals surface area contributed by atoms with Crippen molar-refractivity contribution in [1.29, 1.82) is 0 Å². The zero-order chi connectivity index (χ0) is 9.68. The summed E-state index contributed by atoms with van der Waals surface area (Å²) in [5, 5.41) is 3.19. The number of pyridine rings is 1. The first-order valence-corrected chi connectivity index (χ1v) is 4.63. The number of hydrogen-bond acceptors (Lipinski definition) is 2. The fraction of sp³-hybridized carbons (Fsp3) is 0.500. The number of aryl methyl sites for hydroxylation is 1. The molecule has 0 atom stereocenters. The number of nitrogens with zero attached hydrogens (tertiary/aromatic N) is 1. The minimum atomic E-state index is 0.0814. The minimum Gasteiger partial charge on any atom is -0.315 e. The Labute approximate surface area is 78.4 Å². The Morgan fingerprint density at radius 1 is 1.46 bits per heavy atom. The summed E-state index contributed by atoms with van der Waals surface area (Å²) in [6.07, 6.45) is 0. The second-order valence-corrected chi connectivity index (χ2v) is 3.01. The zero-order valence-electron chi connectivity index (χ0n) is 8.21. The number of likely N-dealkylation sites (N-methyl/N-ethyl adjacent to an activating group) is 1. The van der Waals surface area contributed by atoms with Gasteiger partial charge in [0.1, 0.15) is 0 Å². The fourth-order valence-electron chi connectivity index (χ4n) is 1.28. The van der Waals surface area contributed by atoms with Gasteiger partial charge in [-0.1, -0.05) is 13.0 Å². The Bertz CT molecular complexity index is 317. The summed E-state index contributed by atoms with van der Waals surface area (Å²) >= 11 is 0. The Morgan fingerprint density at radius 3 is 2.85 bits per heavy atom. The first-order chi connectivity index (χ1) is 6.25. The van der Waals surface area contributed by atoms with Crippen molar-refractivity contribution in [3.05, 3.63) is 34.2 Å². The van der Waals surface area contributed by atoms with E-state index >= 15 is 0 Å². The molecule has 72 valence electrons. The van der Waals surface area contributed by atoms with Crippen LogP contribution in [0.25, 0.3) is 0 Å². The normalized spacial score (nSPS) is 10.3. The van der Waals surface area contributed by atoms with Gasteiger partial charge in [-0.05, 0) is 19.5 Å². The van der Waals surface area contributed by atoms with Gasteiger partial charge in [0, 0.05) is 24.8 Å². The van der Waals surface area contributed by atoms with Crippen LogP contribution >= 0.6 is 0 Å². The lowest BCUT2D eigenvalue weighted by atomic mass is 10.3. The maximum absolute atomic E-state index is 11.4. The molecular weight excluding hydrogens is 164 g/mol. The summed E-state index contributed by atoms with van der Waals surface area (Å²) in [5.74, 6) is 0. The van der Waals surface area contributed by atoms with Crippen LogP contribution in [0.15, 0.2) is 23.0 Å². The molecular formula is C10H16N2O. The van der Waals surface area contributed by atoms with Crippen molar-refractivity contribution in [3.63, 3.8) is 0 Å². The smallest absolute Gasteiger partial charge is 0.250 e. The van der Waals surface area contributed by atoms with Crippen molar-refractivity contribution in [2.45, 2.75) is 20.4 Å². The van der Waals surface area contributed by atoms with Crippen LogP contribution < -0.4 is 10.9 Å². The van der Waals surface area contributed by atoms with Crippen molar-refractivity contribution in [1.82, 2.24) is 9.88 Å². The molecule has 3 nitrogen and oxygen atoms in total. The van der Waals surface area contributed by atoms with Crippen molar-refractivity contribution in [2.75, 3.05) is 13.1 Å². The maximum Gasteiger partial charge on any atom is 0.250 e. The predicted octanol–water partition coefficient (Wildman–Crippen LogP) is 0.766. The number of rotatable bonds is 4. The zero-order valence-corrected chi connectivity index (χ0v) is 8.21. The third-order valence-corrected chi connectivity index (χ3v) is 2.03. The lowest BCUT2D eigenvalue weighted by Crippen LogP contribution is -2.27. The van der Waals surface area contributed by atoms with Crippen LogP contribution in [-0.4, -0.2) is 17.7 Å². The molecule has 13 heavy (non-hydrogen) atoms. The molecule has 0 aliphatic carbocycles. The number of hydrogen-bond donors (Lipinski definition) is 1. The molecule has 0 spiro atoms. The highest BCUT2D eigenvalue weighted by atomic mass is 16.1. The predicted molar refractivity (Wildman–Crippen MR) is 54.0 cm³/mol.